The summed E-state index contributed by atoms with van der Waals surface area (Å²) in [4.78, 5) is 27.4. The van der Waals surface area contributed by atoms with Crippen LogP contribution in [-0.2, 0) is 6.42 Å². The van der Waals surface area contributed by atoms with Gasteiger partial charge in [0.2, 0.25) is 5.89 Å². The van der Waals surface area contributed by atoms with Crippen molar-refractivity contribution in [3.8, 4) is 11.5 Å². The fraction of sp³-hybridized carbons (Fsp3) is 0.0909. The molecular formula is C22H15BrClN3O4. The first-order valence-corrected chi connectivity index (χ1v) is 10.5. The second-order valence-corrected chi connectivity index (χ2v) is 8.01. The van der Waals surface area contributed by atoms with Crippen LogP contribution in [0, 0.1) is 10.1 Å². The number of carbonyl (C=O) groups is 1. The standard InChI is InChI=1S/C22H15BrClN3O4/c1-2-12-9-16(23)20-18(10-12)26-22(31-20)13-3-6-15(7-4-13)25-21(28)14-5-8-17(24)19(11-14)27(29)30/h3-11H,2H2,1H3,(H,25,28). The van der Waals surface area contributed by atoms with Crippen LogP contribution < -0.4 is 5.32 Å². The van der Waals surface area contributed by atoms with E-state index in [-0.39, 0.29) is 16.3 Å². The summed E-state index contributed by atoms with van der Waals surface area (Å²) < 4.78 is 6.75. The Kier molecular flexibility index (Phi) is 5.75. The molecular weight excluding hydrogens is 486 g/mol. The van der Waals surface area contributed by atoms with Crippen molar-refractivity contribution in [3.05, 3.63) is 85.3 Å². The summed E-state index contributed by atoms with van der Waals surface area (Å²) in [6, 6.07) is 14.9. The number of benzene rings is 3. The zero-order chi connectivity index (χ0) is 22.1. The molecule has 0 saturated carbocycles. The molecule has 0 unspecified atom stereocenters. The molecule has 7 nitrogen and oxygen atoms in total. The van der Waals surface area contributed by atoms with Gasteiger partial charge in [0.05, 0.1) is 9.40 Å². The predicted octanol–water partition coefficient (Wildman–Crippen LogP) is 6.63. The summed E-state index contributed by atoms with van der Waals surface area (Å²) >= 11 is 9.32. The maximum absolute atomic E-state index is 12.5. The number of nitrogens with zero attached hydrogens (tertiary/aromatic N) is 2. The third-order valence-corrected chi connectivity index (χ3v) is 5.62. The molecule has 0 radical (unpaired) electrons. The maximum Gasteiger partial charge on any atom is 0.288 e. The lowest BCUT2D eigenvalue weighted by molar-refractivity contribution is -0.384. The monoisotopic (exact) mass is 499 g/mol. The smallest absolute Gasteiger partial charge is 0.288 e. The summed E-state index contributed by atoms with van der Waals surface area (Å²) in [6.07, 6.45) is 0.891. The van der Waals surface area contributed by atoms with Gasteiger partial charge in [-0.3, -0.25) is 14.9 Å². The summed E-state index contributed by atoms with van der Waals surface area (Å²) in [5, 5.41) is 13.7. The number of fused-ring (bicyclic) bond motifs is 1. The van der Waals surface area contributed by atoms with E-state index in [0.717, 1.165) is 33.6 Å². The number of nitro benzene ring substituents is 1. The van der Waals surface area contributed by atoms with Gasteiger partial charge in [-0.15, -0.1) is 0 Å². The third kappa shape index (κ3) is 4.30. The number of carbonyl (C=O) groups excluding carboxylic acids is 1. The SMILES string of the molecule is CCc1cc(Br)c2oc(-c3ccc(NC(=O)c4ccc(Cl)c([N+](=O)[O-])c4)cc3)nc2c1. The first kappa shape index (κ1) is 21.0. The topological polar surface area (TPSA) is 98.3 Å². The van der Waals surface area contributed by atoms with Gasteiger partial charge in [0.1, 0.15) is 10.5 Å². The maximum atomic E-state index is 12.5. The van der Waals surface area contributed by atoms with Crippen molar-refractivity contribution < 1.29 is 14.1 Å². The molecule has 0 atom stereocenters. The number of nitro groups is 1. The van der Waals surface area contributed by atoms with Crippen LogP contribution in [0.4, 0.5) is 11.4 Å². The molecule has 0 aliphatic carbocycles. The van der Waals surface area contributed by atoms with E-state index in [1.54, 1.807) is 24.3 Å². The van der Waals surface area contributed by atoms with Crippen LogP contribution in [-0.4, -0.2) is 15.8 Å². The van der Waals surface area contributed by atoms with Crippen molar-refractivity contribution in [1.29, 1.82) is 0 Å². The van der Waals surface area contributed by atoms with Gasteiger partial charge in [-0.25, -0.2) is 4.98 Å². The molecule has 4 aromatic rings. The lowest BCUT2D eigenvalue weighted by atomic mass is 10.1. The molecule has 1 amide bonds. The minimum Gasteiger partial charge on any atom is -0.435 e. The average molecular weight is 501 g/mol. The van der Waals surface area contributed by atoms with Crippen molar-refractivity contribution >= 4 is 55.9 Å². The minimum atomic E-state index is -0.629. The van der Waals surface area contributed by atoms with E-state index in [2.05, 4.69) is 33.2 Å². The van der Waals surface area contributed by atoms with Crippen LogP contribution in [0.2, 0.25) is 5.02 Å². The zero-order valence-electron chi connectivity index (χ0n) is 16.2. The van der Waals surface area contributed by atoms with E-state index in [1.807, 2.05) is 12.1 Å². The Hall–Kier alpha value is -3.23. The minimum absolute atomic E-state index is 0.0260. The first-order valence-electron chi connectivity index (χ1n) is 9.30. The summed E-state index contributed by atoms with van der Waals surface area (Å²) in [5.74, 6) is -0.0134. The number of hydrogen-bond acceptors (Lipinski definition) is 5. The van der Waals surface area contributed by atoms with Gasteiger partial charge in [-0.05, 0) is 76.4 Å². The molecule has 0 saturated heterocycles. The summed E-state index contributed by atoms with van der Waals surface area (Å²) in [7, 11) is 0. The molecule has 31 heavy (non-hydrogen) atoms. The second kappa shape index (κ2) is 8.49. The molecule has 1 N–H and O–H groups in total. The van der Waals surface area contributed by atoms with E-state index in [0.29, 0.717) is 17.2 Å². The van der Waals surface area contributed by atoms with Gasteiger partial charge in [0.25, 0.3) is 11.6 Å². The Labute approximate surface area is 190 Å². The predicted molar refractivity (Wildman–Crippen MR) is 123 cm³/mol. The number of aromatic nitrogens is 1. The largest absolute Gasteiger partial charge is 0.435 e. The average Bonchev–Trinajstić information content (AvgIpc) is 3.19. The number of nitrogens with one attached hydrogen (secondary N) is 1. The van der Waals surface area contributed by atoms with Crippen molar-refractivity contribution in [3.63, 3.8) is 0 Å². The van der Waals surface area contributed by atoms with Gasteiger partial charge in [0.15, 0.2) is 5.58 Å². The van der Waals surface area contributed by atoms with Gasteiger partial charge < -0.3 is 9.73 Å². The van der Waals surface area contributed by atoms with Gasteiger partial charge >= 0.3 is 0 Å². The van der Waals surface area contributed by atoms with E-state index < -0.39 is 10.8 Å². The highest BCUT2D eigenvalue weighted by Gasteiger charge is 2.17. The Morgan fingerprint density at radius 2 is 1.94 bits per heavy atom. The fourth-order valence-electron chi connectivity index (χ4n) is 3.07. The van der Waals surface area contributed by atoms with E-state index in [9.17, 15) is 14.9 Å². The van der Waals surface area contributed by atoms with Crippen LogP contribution in [0.5, 0.6) is 0 Å². The van der Waals surface area contributed by atoms with Gasteiger partial charge in [0, 0.05) is 22.9 Å². The van der Waals surface area contributed by atoms with Crippen molar-refractivity contribution in [2.45, 2.75) is 13.3 Å². The number of aryl methyl sites for hydroxylation is 1. The molecule has 4 rings (SSSR count). The molecule has 0 spiro atoms. The van der Waals surface area contributed by atoms with E-state index >= 15 is 0 Å². The third-order valence-electron chi connectivity index (χ3n) is 4.71. The van der Waals surface area contributed by atoms with Gasteiger partial charge in [-0.1, -0.05) is 18.5 Å². The van der Waals surface area contributed by atoms with Crippen LogP contribution in [0.1, 0.15) is 22.8 Å². The van der Waals surface area contributed by atoms with Crippen molar-refractivity contribution in [1.82, 2.24) is 4.98 Å². The molecule has 0 aliphatic heterocycles. The lowest BCUT2D eigenvalue weighted by Gasteiger charge is -2.06. The van der Waals surface area contributed by atoms with E-state index in [4.69, 9.17) is 16.0 Å². The number of anilines is 1. The molecule has 0 aliphatic rings. The molecule has 1 heterocycles. The molecule has 9 heteroatoms. The Morgan fingerprint density at radius 3 is 2.61 bits per heavy atom. The normalized spacial score (nSPS) is 10.9. The van der Waals surface area contributed by atoms with Crippen LogP contribution >= 0.6 is 27.5 Å². The summed E-state index contributed by atoms with van der Waals surface area (Å²) in [5.41, 5.74) is 3.68. The highest BCUT2D eigenvalue weighted by Crippen LogP contribution is 2.31. The molecule has 0 fully saturated rings. The number of oxazole rings is 1. The highest BCUT2D eigenvalue weighted by atomic mass is 79.9. The lowest BCUT2D eigenvalue weighted by Crippen LogP contribution is -2.12. The fourth-order valence-corrected chi connectivity index (χ4v) is 3.83. The van der Waals surface area contributed by atoms with Crippen molar-refractivity contribution in [2.75, 3.05) is 5.32 Å². The van der Waals surface area contributed by atoms with E-state index in [1.165, 1.54) is 12.1 Å². The van der Waals surface area contributed by atoms with Crippen LogP contribution in [0.25, 0.3) is 22.6 Å². The quantitative estimate of drug-likeness (QED) is 0.245. The molecule has 156 valence electrons. The van der Waals surface area contributed by atoms with Crippen molar-refractivity contribution in [2.24, 2.45) is 0 Å². The Morgan fingerprint density at radius 1 is 1.19 bits per heavy atom. The molecule has 1 aromatic heterocycles. The molecule has 0 bridgehead atoms. The van der Waals surface area contributed by atoms with Crippen LogP contribution in [0.3, 0.4) is 0 Å². The number of halogens is 2. The number of amides is 1. The number of hydrogen-bond donors (Lipinski definition) is 1. The Balaban J connectivity index is 1.55. The zero-order valence-corrected chi connectivity index (χ0v) is 18.5. The van der Waals surface area contributed by atoms with Gasteiger partial charge in [-0.2, -0.15) is 0 Å². The Bertz CT molecular complexity index is 1320. The second-order valence-electron chi connectivity index (χ2n) is 6.75. The first-order chi connectivity index (χ1) is 14.9. The molecule has 3 aromatic carbocycles. The number of rotatable bonds is 5. The summed E-state index contributed by atoms with van der Waals surface area (Å²) in [6.45, 7) is 2.07. The van der Waals surface area contributed by atoms with Crippen LogP contribution in [0.15, 0.2) is 63.5 Å². The highest BCUT2D eigenvalue weighted by molar-refractivity contribution is 9.10.